The van der Waals surface area contributed by atoms with Crippen LogP contribution in [0.15, 0.2) is 63.7 Å². The number of hydrogen-bond donors (Lipinski definition) is 1. The van der Waals surface area contributed by atoms with Crippen LogP contribution < -0.4 is 5.32 Å². The van der Waals surface area contributed by atoms with Crippen LogP contribution in [0, 0.1) is 0 Å². The number of hydrogen-bond acceptors (Lipinski definition) is 5. The second-order valence-electron chi connectivity index (χ2n) is 6.36. The molecule has 0 unspecified atom stereocenters. The highest BCUT2D eigenvalue weighted by molar-refractivity contribution is 6.10. The number of benzene rings is 1. The summed E-state index contributed by atoms with van der Waals surface area (Å²) in [5.74, 6) is 0.429. The van der Waals surface area contributed by atoms with Crippen molar-refractivity contribution in [2.24, 2.45) is 0 Å². The van der Waals surface area contributed by atoms with Crippen LogP contribution in [-0.4, -0.2) is 22.1 Å². The zero-order valence-electron chi connectivity index (χ0n) is 13.8. The van der Waals surface area contributed by atoms with E-state index >= 15 is 0 Å². The molecule has 3 heterocycles. The third kappa shape index (κ3) is 2.56. The first-order chi connectivity index (χ1) is 12.8. The molecule has 6 heteroatoms. The lowest BCUT2D eigenvalue weighted by atomic mass is 10.0. The molecule has 1 saturated carbocycles. The lowest BCUT2D eigenvalue weighted by Crippen LogP contribution is -2.25. The zero-order chi connectivity index (χ0) is 17.5. The van der Waals surface area contributed by atoms with E-state index in [9.17, 15) is 4.79 Å². The molecule has 6 nitrogen and oxygen atoms in total. The van der Waals surface area contributed by atoms with E-state index in [0.717, 1.165) is 18.4 Å². The fraction of sp³-hybridized carbons (Fsp3) is 0.150. The van der Waals surface area contributed by atoms with Crippen molar-refractivity contribution < 1.29 is 13.7 Å². The molecule has 0 bridgehead atoms. The van der Waals surface area contributed by atoms with Crippen molar-refractivity contribution in [1.82, 2.24) is 15.5 Å². The lowest BCUT2D eigenvalue weighted by Gasteiger charge is -2.07. The van der Waals surface area contributed by atoms with Crippen molar-refractivity contribution >= 4 is 17.0 Å². The molecule has 1 aromatic carbocycles. The molecular formula is C20H15N3O3. The normalized spacial score (nSPS) is 13.8. The van der Waals surface area contributed by atoms with Crippen LogP contribution in [0.25, 0.3) is 33.8 Å². The molecule has 0 atom stereocenters. The highest BCUT2D eigenvalue weighted by Crippen LogP contribution is 2.33. The number of aromatic nitrogens is 2. The molecule has 128 valence electrons. The smallest absolute Gasteiger partial charge is 0.259 e. The maximum atomic E-state index is 12.9. The summed E-state index contributed by atoms with van der Waals surface area (Å²) in [5.41, 5.74) is 2.84. The van der Waals surface area contributed by atoms with E-state index in [4.69, 9.17) is 8.94 Å². The van der Waals surface area contributed by atoms with Gasteiger partial charge in [0.2, 0.25) is 0 Å². The van der Waals surface area contributed by atoms with Gasteiger partial charge in [0.1, 0.15) is 11.4 Å². The monoisotopic (exact) mass is 345 g/mol. The molecule has 0 saturated heterocycles. The van der Waals surface area contributed by atoms with E-state index in [1.165, 1.54) is 0 Å². The molecule has 5 rings (SSSR count). The standard InChI is InChI=1S/C20H15N3O3/c24-19(21-13-8-9-13)14-11-15(16-7-4-10-25-16)22-20-17(14)18(23-26-20)12-5-2-1-3-6-12/h1-7,10-11,13H,8-9H2,(H,21,24). The second kappa shape index (κ2) is 5.84. The topological polar surface area (TPSA) is 81.2 Å². The van der Waals surface area contributed by atoms with Gasteiger partial charge in [-0.15, -0.1) is 0 Å². The molecule has 1 aliphatic carbocycles. The predicted molar refractivity (Wildman–Crippen MR) is 95.4 cm³/mol. The van der Waals surface area contributed by atoms with E-state index in [-0.39, 0.29) is 11.9 Å². The molecule has 0 aliphatic heterocycles. The highest BCUT2D eigenvalue weighted by Gasteiger charge is 2.27. The number of nitrogens with one attached hydrogen (secondary N) is 1. The number of nitrogens with zero attached hydrogens (tertiary/aromatic N) is 2. The first kappa shape index (κ1) is 14.9. The highest BCUT2D eigenvalue weighted by atomic mass is 16.5. The Balaban J connectivity index is 1.72. The third-order valence-electron chi connectivity index (χ3n) is 4.42. The summed E-state index contributed by atoms with van der Waals surface area (Å²) in [6, 6.07) is 15.2. The predicted octanol–water partition coefficient (Wildman–Crippen LogP) is 4.04. The van der Waals surface area contributed by atoms with Crippen molar-refractivity contribution in [3.05, 3.63) is 60.4 Å². The number of fused-ring (bicyclic) bond motifs is 1. The van der Waals surface area contributed by atoms with Crippen molar-refractivity contribution in [2.45, 2.75) is 18.9 Å². The van der Waals surface area contributed by atoms with Gasteiger partial charge in [0.25, 0.3) is 11.6 Å². The first-order valence-corrected chi connectivity index (χ1v) is 8.50. The minimum absolute atomic E-state index is 0.145. The van der Waals surface area contributed by atoms with E-state index in [0.29, 0.717) is 33.8 Å². The van der Waals surface area contributed by atoms with E-state index < -0.39 is 0 Å². The number of furan rings is 1. The van der Waals surface area contributed by atoms with Crippen LogP contribution in [0.4, 0.5) is 0 Å². The summed E-state index contributed by atoms with van der Waals surface area (Å²) < 4.78 is 10.9. The number of amides is 1. The Labute approximate surface area is 148 Å². The Kier molecular flexibility index (Phi) is 3.35. The van der Waals surface area contributed by atoms with Crippen molar-refractivity contribution in [1.29, 1.82) is 0 Å². The summed E-state index contributed by atoms with van der Waals surface area (Å²) in [6.07, 6.45) is 3.60. The number of rotatable bonds is 4. The van der Waals surface area contributed by atoms with Gasteiger partial charge in [0.05, 0.1) is 17.2 Å². The molecule has 4 aromatic rings. The summed E-state index contributed by atoms with van der Waals surface area (Å²) in [7, 11) is 0. The van der Waals surface area contributed by atoms with Crippen LogP contribution in [-0.2, 0) is 0 Å². The average Bonchev–Trinajstić information content (AvgIpc) is 3.16. The minimum atomic E-state index is -0.145. The Bertz CT molecular complexity index is 1080. The van der Waals surface area contributed by atoms with Gasteiger partial charge in [-0.1, -0.05) is 35.5 Å². The van der Waals surface area contributed by atoms with Crippen LogP contribution in [0.2, 0.25) is 0 Å². The zero-order valence-corrected chi connectivity index (χ0v) is 13.8. The molecule has 26 heavy (non-hydrogen) atoms. The average molecular weight is 345 g/mol. The molecule has 1 amide bonds. The minimum Gasteiger partial charge on any atom is -0.463 e. The Hall–Kier alpha value is -3.41. The van der Waals surface area contributed by atoms with E-state index in [2.05, 4.69) is 15.5 Å². The van der Waals surface area contributed by atoms with Gasteiger partial charge in [0, 0.05) is 11.6 Å². The number of pyridine rings is 1. The third-order valence-corrected chi connectivity index (χ3v) is 4.42. The molecule has 3 aromatic heterocycles. The Morgan fingerprint density at radius 2 is 1.96 bits per heavy atom. The molecule has 0 radical (unpaired) electrons. The van der Waals surface area contributed by atoms with Gasteiger partial charge in [-0.2, -0.15) is 0 Å². The van der Waals surface area contributed by atoms with Crippen LogP contribution in [0.1, 0.15) is 23.2 Å². The summed E-state index contributed by atoms with van der Waals surface area (Å²) >= 11 is 0. The van der Waals surface area contributed by atoms with Crippen LogP contribution in [0.5, 0.6) is 0 Å². The number of carbonyl (C=O) groups is 1. The first-order valence-electron chi connectivity index (χ1n) is 8.50. The van der Waals surface area contributed by atoms with Gasteiger partial charge in [0.15, 0.2) is 5.76 Å². The van der Waals surface area contributed by atoms with Crippen molar-refractivity contribution in [3.8, 4) is 22.7 Å². The van der Waals surface area contributed by atoms with Crippen molar-refractivity contribution in [2.75, 3.05) is 0 Å². The molecule has 1 fully saturated rings. The molecule has 0 spiro atoms. The number of carbonyl (C=O) groups excluding carboxylic acids is 1. The van der Waals surface area contributed by atoms with Crippen LogP contribution in [0.3, 0.4) is 0 Å². The molecule has 1 N–H and O–H groups in total. The largest absolute Gasteiger partial charge is 0.463 e. The Morgan fingerprint density at radius 3 is 2.69 bits per heavy atom. The summed E-state index contributed by atoms with van der Waals surface area (Å²) in [6.45, 7) is 0. The SMILES string of the molecule is O=C(NC1CC1)c1cc(-c2ccco2)nc2onc(-c3ccccc3)c12. The fourth-order valence-electron chi connectivity index (χ4n) is 2.96. The maximum Gasteiger partial charge on any atom is 0.259 e. The fourth-order valence-corrected chi connectivity index (χ4v) is 2.96. The summed E-state index contributed by atoms with van der Waals surface area (Å²) in [4.78, 5) is 17.4. The van der Waals surface area contributed by atoms with Gasteiger partial charge in [-0.05, 0) is 31.0 Å². The second-order valence-corrected chi connectivity index (χ2v) is 6.36. The van der Waals surface area contributed by atoms with E-state index in [1.807, 2.05) is 30.3 Å². The van der Waals surface area contributed by atoms with Crippen LogP contribution >= 0.6 is 0 Å². The van der Waals surface area contributed by atoms with Gasteiger partial charge in [-0.25, -0.2) is 4.98 Å². The molecular weight excluding hydrogens is 330 g/mol. The van der Waals surface area contributed by atoms with E-state index in [1.54, 1.807) is 24.5 Å². The van der Waals surface area contributed by atoms with Gasteiger partial charge in [-0.3, -0.25) is 4.79 Å². The van der Waals surface area contributed by atoms with Gasteiger partial charge < -0.3 is 14.3 Å². The lowest BCUT2D eigenvalue weighted by molar-refractivity contribution is 0.0952. The quantitative estimate of drug-likeness (QED) is 0.604. The Morgan fingerprint density at radius 1 is 1.12 bits per heavy atom. The van der Waals surface area contributed by atoms with Crippen molar-refractivity contribution in [3.63, 3.8) is 0 Å². The molecule has 1 aliphatic rings. The maximum absolute atomic E-state index is 12.9. The summed E-state index contributed by atoms with van der Waals surface area (Å²) in [5, 5.41) is 7.83. The van der Waals surface area contributed by atoms with Gasteiger partial charge >= 0.3 is 0 Å².